The number of aliphatic imine (C=N–C) groups is 1. The minimum absolute atomic E-state index is 0.127. The van der Waals surface area contributed by atoms with Crippen molar-refractivity contribution in [2.24, 2.45) is 4.99 Å². The molecule has 2 aromatic rings. The van der Waals surface area contributed by atoms with Gasteiger partial charge in [0.25, 0.3) is 0 Å². The molecule has 1 heterocycles. The van der Waals surface area contributed by atoms with E-state index >= 15 is 0 Å². The van der Waals surface area contributed by atoms with E-state index in [0.717, 1.165) is 12.0 Å². The van der Waals surface area contributed by atoms with Crippen molar-refractivity contribution in [2.75, 3.05) is 26.7 Å². The molecule has 0 bridgehead atoms. The highest BCUT2D eigenvalue weighted by Crippen LogP contribution is 2.33. The van der Waals surface area contributed by atoms with Gasteiger partial charge < -0.3 is 30.3 Å². The van der Waals surface area contributed by atoms with E-state index in [9.17, 15) is 10.3 Å². The van der Waals surface area contributed by atoms with Gasteiger partial charge in [0.15, 0.2) is 17.6 Å². The lowest BCUT2D eigenvalue weighted by Crippen LogP contribution is -2.52. The average Bonchev–Trinajstić information content (AvgIpc) is 2.84. The second-order valence-electron chi connectivity index (χ2n) is 7.48. The number of hydrogen-bond donors (Lipinski definition) is 3. The fourth-order valence-corrected chi connectivity index (χ4v) is 3.80. The zero-order chi connectivity index (χ0) is 22.4. The Morgan fingerprint density at radius 3 is 2.81 bits per heavy atom. The molecule has 3 atom stereocenters. The maximum Gasteiger partial charge on any atom is 0.171 e. The SMILES string of the molecule is CCCOC(O)CNC(=S)NC1C[N+](C)([O-])c2ccc(Cl)cc2C(c2ccccc2)=N1. The third-order valence-electron chi connectivity index (χ3n) is 4.83. The highest BCUT2D eigenvalue weighted by Gasteiger charge is 2.31. The molecule has 31 heavy (non-hydrogen) atoms. The second-order valence-corrected chi connectivity index (χ2v) is 8.33. The van der Waals surface area contributed by atoms with Gasteiger partial charge in [0.2, 0.25) is 0 Å². The number of quaternary nitrogens is 1. The van der Waals surface area contributed by atoms with Crippen LogP contribution in [-0.2, 0) is 4.74 Å². The smallest absolute Gasteiger partial charge is 0.171 e. The minimum atomic E-state index is -0.968. The van der Waals surface area contributed by atoms with Gasteiger partial charge in [-0.25, -0.2) is 0 Å². The highest BCUT2D eigenvalue weighted by atomic mass is 35.5. The zero-order valence-corrected chi connectivity index (χ0v) is 19.1. The van der Waals surface area contributed by atoms with Crippen LogP contribution in [0.15, 0.2) is 53.5 Å². The van der Waals surface area contributed by atoms with Crippen LogP contribution in [0, 0.1) is 5.21 Å². The van der Waals surface area contributed by atoms with Crippen molar-refractivity contribution in [3.63, 3.8) is 0 Å². The molecule has 0 aliphatic carbocycles. The van der Waals surface area contributed by atoms with Crippen molar-refractivity contribution in [1.29, 1.82) is 0 Å². The molecule has 0 amide bonds. The number of aliphatic hydroxyl groups is 1. The fraction of sp³-hybridized carbons (Fsp3) is 0.364. The molecule has 7 nitrogen and oxygen atoms in total. The van der Waals surface area contributed by atoms with E-state index in [1.165, 1.54) is 0 Å². The number of ether oxygens (including phenoxy) is 1. The van der Waals surface area contributed by atoms with Crippen LogP contribution >= 0.6 is 23.8 Å². The number of nitrogens with one attached hydrogen (secondary N) is 2. The Morgan fingerprint density at radius 2 is 2.10 bits per heavy atom. The summed E-state index contributed by atoms with van der Waals surface area (Å²) in [6, 6.07) is 14.9. The van der Waals surface area contributed by atoms with E-state index in [1.807, 2.05) is 37.3 Å². The Bertz CT molecular complexity index is 940. The first-order valence-corrected chi connectivity index (χ1v) is 10.9. The number of benzene rings is 2. The van der Waals surface area contributed by atoms with Gasteiger partial charge in [-0.2, -0.15) is 0 Å². The Balaban J connectivity index is 1.86. The number of benzodiazepines with no additional fused rings is 1. The van der Waals surface area contributed by atoms with Crippen LogP contribution in [0.25, 0.3) is 0 Å². The lowest BCUT2D eigenvalue weighted by molar-refractivity contribution is -0.0934. The lowest BCUT2D eigenvalue weighted by Gasteiger charge is -2.39. The van der Waals surface area contributed by atoms with E-state index in [0.29, 0.717) is 28.6 Å². The fourth-order valence-electron chi connectivity index (χ4n) is 3.40. The van der Waals surface area contributed by atoms with Gasteiger partial charge in [-0.1, -0.05) is 48.9 Å². The molecule has 1 aliphatic heterocycles. The first kappa shape index (κ1) is 23.6. The summed E-state index contributed by atoms with van der Waals surface area (Å²) in [7, 11) is 1.59. The van der Waals surface area contributed by atoms with E-state index in [4.69, 9.17) is 33.5 Å². The summed E-state index contributed by atoms with van der Waals surface area (Å²) < 4.78 is 4.58. The van der Waals surface area contributed by atoms with Crippen molar-refractivity contribution in [1.82, 2.24) is 15.3 Å². The van der Waals surface area contributed by atoms with Crippen LogP contribution in [0.5, 0.6) is 0 Å². The van der Waals surface area contributed by atoms with Crippen molar-refractivity contribution >= 4 is 40.3 Å². The van der Waals surface area contributed by atoms with Gasteiger partial charge in [-0.15, -0.1) is 0 Å². The predicted molar refractivity (Wildman–Crippen MR) is 129 cm³/mol. The van der Waals surface area contributed by atoms with E-state index in [2.05, 4.69) is 10.6 Å². The van der Waals surface area contributed by atoms with E-state index in [1.54, 1.807) is 25.2 Å². The van der Waals surface area contributed by atoms with Crippen LogP contribution in [0.1, 0.15) is 24.5 Å². The molecule has 0 fully saturated rings. The minimum Gasteiger partial charge on any atom is -0.627 e. The molecule has 0 saturated carbocycles. The molecule has 1 aliphatic rings. The first-order chi connectivity index (χ1) is 14.8. The summed E-state index contributed by atoms with van der Waals surface area (Å²) in [5.74, 6) is 0. The Labute approximate surface area is 192 Å². The molecule has 9 heteroatoms. The molecular formula is C22H27ClN4O3S. The van der Waals surface area contributed by atoms with Crippen LogP contribution in [-0.4, -0.2) is 55.1 Å². The quantitative estimate of drug-likeness (QED) is 0.253. The summed E-state index contributed by atoms with van der Waals surface area (Å²) in [6.45, 7) is 2.68. The summed E-state index contributed by atoms with van der Waals surface area (Å²) >= 11 is 11.6. The number of halogens is 1. The Hall–Kier alpha value is -2.07. The summed E-state index contributed by atoms with van der Waals surface area (Å²) in [5.41, 5.74) is 2.82. The van der Waals surface area contributed by atoms with Gasteiger partial charge in [-0.3, -0.25) is 4.99 Å². The molecule has 0 radical (unpaired) electrons. The molecule has 3 N–H and O–H groups in total. The third kappa shape index (κ3) is 6.22. The number of thiocarbonyl (C=S) groups is 1. The van der Waals surface area contributed by atoms with Gasteiger partial charge in [0.1, 0.15) is 12.2 Å². The van der Waals surface area contributed by atoms with E-state index < -0.39 is 17.1 Å². The van der Waals surface area contributed by atoms with Crippen molar-refractivity contribution < 1.29 is 9.84 Å². The molecule has 3 unspecified atom stereocenters. The summed E-state index contributed by atoms with van der Waals surface area (Å²) in [4.78, 5) is 4.85. The Morgan fingerprint density at radius 1 is 1.35 bits per heavy atom. The maximum atomic E-state index is 13.5. The van der Waals surface area contributed by atoms with Crippen molar-refractivity contribution in [3.8, 4) is 0 Å². The molecule has 0 spiro atoms. The van der Waals surface area contributed by atoms with Crippen molar-refractivity contribution in [2.45, 2.75) is 25.8 Å². The van der Waals surface area contributed by atoms with Gasteiger partial charge >= 0.3 is 0 Å². The molecule has 0 aromatic heterocycles. The number of hydrogen-bond acceptors (Lipinski definition) is 5. The second kappa shape index (κ2) is 10.5. The number of rotatable bonds is 7. The predicted octanol–water partition coefficient (Wildman–Crippen LogP) is 3.16. The maximum absolute atomic E-state index is 13.5. The standard InChI is InChI=1S/C22H27ClN4O3S/c1-3-11-30-20(28)13-24-22(31)26-19-14-27(2,29)18-10-9-16(23)12-17(18)21(25-19)15-7-5-4-6-8-15/h4-10,12,19-20,28H,3,11,13-14H2,1-2H3,(H2,24,26,31). The molecule has 2 aromatic carbocycles. The first-order valence-electron chi connectivity index (χ1n) is 10.1. The topological polar surface area (TPSA) is 88.9 Å². The molecule has 3 rings (SSSR count). The molecule has 166 valence electrons. The number of fused-ring (bicyclic) bond motifs is 1. The van der Waals surface area contributed by atoms with Crippen LogP contribution < -0.4 is 15.3 Å². The third-order valence-corrected chi connectivity index (χ3v) is 5.32. The number of likely N-dealkylation sites (N-methyl/N-ethyl adjacent to an activating group) is 1. The van der Waals surface area contributed by atoms with Crippen LogP contribution in [0.4, 0.5) is 5.69 Å². The largest absolute Gasteiger partial charge is 0.627 e. The van der Waals surface area contributed by atoms with E-state index in [-0.39, 0.29) is 18.2 Å². The van der Waals surface area contributed by atoms with Crippen LogP contribution in [0.3, 0.4) is 0 Å². The number of aliphatic hydroxyl groups excluding tert-OH is 1. The van der Waals surface area contributed by atoms with Gasteiger partial charge in [0.05, 0.1) is 24.9 Å². The Kier molecular flexibility index (Phi) is 7.99. The summed E-state index contributed by atoms with van der Waals surface area (Å²) in [6.07, 6.45) is -0.745. The van der Waals surface area contributed by atoms with Gasteiger partial charge in [-0.05, 0) is 30.8 Å². The zero-order valence-electron chi connectivity index (χ0n) is 17.5. The highest BCUT2D eigenvalue weighted by molar-refractivity contribution is 7.80. The number of nitrogens with zero attached hydrogens (tertiary/aromatic N) is 2. The summed E-state index contributed by atoms with van der Waals surface area (Å²) in [5, 5.41) is 30.1. The lowest BCUT2D eigenvalue weighted by atomic mass is 10.0. The van der Waals surface area contributed by atoms with Crippen molar-refractivity contribution in [3.05, 3.63) is 69.9 Å². The monoisotopic (exact) mass is 462 g/mol. The average molecular weight is 463 g/mol. The number of hydroxylamine groups is 2. The molecule has 0 saturated heterocycles. The normalized spacial score (nSPS) is 21.5. The molecular weight excluding hydrogens is 436 g/mol. The van der Waals surface area contributed by atoms with Crippen LogP contribution in [0.2, 0.25) is 5.02 Å². The van der Waals surface area contributed by atoms with Gasteiger partial charge in [0, 0.05) is 23.3 Å².